The second kappa shape index (κ2) is 6.16. The summed E-state index contributed by atoms with van der Waals surface area (Å²) in [7, 11) is 0. The van der Waals surface area contributed by atoms with E-state index in [1.165, 1.54) is 0 Å². The Morgan fingerprint density at radius 1 is 1.32 bits per heavy atom. The van der Waals surface area contributed by atoms with Crippen molar-refractivity contribution in [1.82, 2.24) is 4.90 Å². The van der Waals surface area contributed by atoms with Gasteiger partial charge in [-0.3, -0.25) is 9.59 Å². The second-order valence-electron chi connectivity index (χ2n) is 5.81. The van der Waals surface area contributed by atoms with Gasteiger partial charge in [-0.05, 0) is 25.2 Å². The van der Waals surface area contributed by atoms with Crippen LogP contribution in [0.5, 0.6) is 0 Å². The average Bonchev–Trinajstić information content (AvgIpc) is 2.80. The highest BCUT2D eigenvalue weighted by molar-refractivity contribution is 8.00. The van der Waals surface area contributed by atoms with Gasteiger partial charge in [-0.1, -0.05) is 13.8 Å². The Morgan fingerprint density at radius 3 is 2.63 bits per heavy atom. The molecule has 2 rings (SSSR count). The van der Waals surface area contributed by atoms with Crippen molar-refractivity contribution in [3.63, 3.8) is 0 Å². The summed E-state index contributed by atoms with van der Waals surface area (Å²) in [6.07, 6.45) is 2.44. The highest BCUT2D eigenvalue weighted by atomic mass is 32.2. The normalized spacial score (nSPS) is 35.4. The maximum atomic E-state index is 12.6. The number of hydrogen-bond donors (Lipinski definition) is 1. The summed E-state index contributed by atoms with van der Waals surface area (Å²) in [6, 6.07) is 0. The van der Waals surface area contributed by atoms with Crippen molar-refractivity contribution in [3.05, 3.63) is 0 Å². The van der Waals surface area contributed by atoms with Crippen LogP contribution in [-0.2, 0) is 9.59 Å². The van der Waals surface area contributed by atoms with E-state index >= 15 is 0 Å². The minimum atomic E-state index is -0.805. The minimum Gasteiger partial charge on any atom is -0.481 e. The quantitative estimate of drug-likeness (QED) is 0.862. The fraction of sp³-hybridized carbons (Fsp3) is 0.857. The lowest BCUT2D eigenvalue weighted by molar-refractivity contribution is -0.149. The largest absolute Gasteiger partial charge is 0.481 e. The molecule has 1 heterocycles. The van der Waals surface area contributed by atoms with Crippen molar-refractivity contribution in [1.29, 1.82) is 0 Å². The lowest BCUT2D eigenvalue weighted by atomic mass is 9.94. The van der Waals surface area contributed by atoms with Crippen LogP contribution in [0.25, 0.3) is 0 Å². The Labute approximate surface area is 118 Å². The van der Waals surface area contributed by atoms with Gasteiger partial charge in [-0.15, -0.1) is 0 Å². The van der Waals surface area contributed by atoms with Crippen LogP contribution in [0.1, 0.15) is 33.1 Å². The third-order valence-corrected chi connectivity index (χ3v) is 5.71. The van der Waals surface area contributed by atoms with E-state index in [0.717, 1.165) is 31.7 Å². The van der Waals surface area contributed by atoms with Crippen molar-refractivity contribution in [2.75, 3.05) is 18.8 Å². The first-order valence-electron chi connectivity index (χ1n) is 7.16. The summed E-state index contributed by atoms with van der Waals surface area (Å²) >= 11 is 1.92. The van der Waals surface area contributed by atoms with Crippen LogP contribution in [0.4, 0.5) is 0 Å². The summed E-state index contributed by atoms with van der Waals surface area (Å²) in [5.41, 5.74) is 0. The molecule has 19 heavy (non-hydrogen) atoms. The summed E-state index contributed by atoms with van der Waals surface area (Å²) in [5.74, 6) is -0.178. The molecule has 1 amide bonds. The van der Waals surface area contributed by atoms with Gasteiger partial charge in [-0.2, -0.15) is 11.8 Å². The molecule has 0 aromatic heterocycles. The van der Waals surface area contributed by atoms with Gasteiger partial charge >= 0.3 is 5.97 Å². The monoisotopic (exact) mass is 285 g/mol. The zero-order valence-corrected chi connectivity index (χ0v) is 12.5. The highest BCUT2D eigenvalue weighted by Crippen LogP contribution is 2.38. The van der Waals surface area contributed by atoms with Crippen molar-refractivity contribution >= 4 is 23.6 Å². The lowest BCUT2D eigenvalue weighted by Gasteiger charge is -2.34. The highest BCUT2D eigenvalue weighted by Gasteiger charge is 2.43. The number of carboxylic acids is 1. The molecule has 108 valence electrons. The van der Waals surface area contributed by atoms with Crippen LogP contribution in [-0.4, -0.2) is 46.0 Å². The predicted octanol–water partition coefficient (Wildman–Crippen LogP) is 2.09. The molecule has 0 radical (unpaired) electrons. The van der Waals surface area contributed by atoms with E-state index in [4.69, 9.17) is 0 Å². The van der Waals surface area contributed by atoms with Gasteiger partial charge in [0.15, 0.2) is 0 Å². The van der Waals surface area contributed by atoms with Crippen LogP contribution in [0.3, 0.4) is 0 Å². The first-order chi connectivity index (χ1) is 9.02. The van der Waals surface area contributed by atoms with Gasteiger partial charge in [0.25, 0.3) is 0 Å². The SMILES string of the molecule is CCC1CN(C(=O)[C@H]2CC(C)C[C@H]2C(=O)O)CCS1. The van der Waals surface area contributed by atoms with Crippen LogP contribution in [0, 0.1) is 17.8 Å². The number of rotatable bonds is 3. The summed E-state index contributed by atoms with van der Waals surface area (Å²) < 4.78 is 0. The molecule has 5 heteroatoms. The number of carbonyl (C=O) groups is 2. The summed E-state index contributed by atoms with van der Waals surface area (Å²) in [4.78, 5) is 25.8. The zero-order valence-electron chi connectivity index (χ0n) is 11.7. The number of thioether (sulfide) groups is 1. The molecule has 2 fully saturated rings. The fourth-order valence-electron chi connectivity index (χ4n) is 3.24. The Bertz CT molecular complexity index is 361. The molecular weight excluding hydrogens is 262 g/mol. The van der Waals surface area contributed by atoms with Crippen molar-refractivity contribution < 1.29 is 14.7 Å². The van der Waals surface area contributed by atoms with E-state index in [-0.39, 0.29) is 11.8 Å². The van der Waals surface area contributed by atoms with E-state index in [1.807, 2.05) is 23.6 Å². The van der Waals surface area contributed by atoms with Crippen LogP contribution < -0.4 is 0 Å². The average molecular weight is 285 g/mol. The van der Waals surface area contributed by atoms with Crippen LogP contribution >= 0.6 is 11.8 Å². The number of carbonyl (C=O) groups excluding carboxylic acids is 1. The van der Waals surface area contributed by atoms with Crippen molar-refractivity contribution in [2.24, 2.45) is 17.8 Å². The molecule has 0 spiro atoms. The van der Waals surface area contributed by atoms with Crippen molar-refractivity contribution in [2.45, 2.75) is 38.4 Å². The molecule has 0 bridgehead atoms. The fourth-order valence-corrected chi connectivity index (χ4v) is 4.42. The molecule has 2 unspecified atom stereocenters. The molecule has 1 saturated heterocycles. The first kappa shape index (κ1) is 14.7. The van der Waals surface area contributed by atoms with E-state index in [1.54, 1.807) is 0 Å². The zero-order chi connectivity index (χ0) is 14.0. The molecule has 1 aliphatic carbocycles. The number of carboxylic acid groups (broad SMARTS) is 1. The van der Waals surface area contributed by atoms with Crippen LogP contribution in [0.2, 0.25) is 0 Å². The van der Waals surface area contributed by atoms with Gasteiger partial charge in [0.2, 0.25) is 5.91 Å². The van der Waals surface area contributed by atoms with Crippen molar-refractivity contribution in [3.8, 4) is 0 Å². The van der Waals surface area contributed by atoms with E-state index in [0.29, 0.717) is 17.6 Å². The third-order valence-electron chi connectivity index (χ3n) is 4.34. The van der Waals surface area contributed by atoms with E-state index in [2.05, 4.69) is 6.92 Å². The lowest BCUT2D eigenvalue weighted by Crippen LogP contribution is -2.46. The Hall–Kier alpha value is -0.710. The van der Waals surface area contributed by atoms with Gasteiger partial charge in [0, 0.05) is 24.1 Å². The molecular formula is C14H23NO3S. The molecule has 1 saturated carbocycles. The van der Waals surface area contributed by atoms with Gasteiger partial charge < -0.3 is 10.0 Å². The number of hydrogen-bond acceptors (Lipinski definition) is 3. The maximum Gasteiger partial charge on any atom is 0.307 e. The third kappa shape index (κ3) is 3.25. The van der Waals surface area contributed by atoms with Crippen LogP contribution in [0.15, 0.2) is 0 Å². The Balaban J connectivity index is 2.03. The summed E-state index contributed by atoms with van der Waals surface area (Å²) in [5, 5.41) is 9.79. The van der Waals surface area contributed by atoms with Gasteiger partial charge in [-0.25, -0.2) is 0 Å². The molecule has 2 aliphatic rings. The Morgan fingerprint density at radius 2 is 2.00 bits per heavy atom. The predicted molar refractivity (Wildman–Crippen MR) is 76.1 cm³/mol. The van der Waals surface area contributed by atoms with E-state index < -0.39 is 11.9 Å². The number of nitrogens with zero attached hydrogens (tertiary/aromatic N) is 1. The maximum absolute atomic E-state index is 12.6. The molecule has 1 N–H and O–H groups in total. The van der Waals surface area contributed by atoms with Gasteiger partial charge in [0.05, 0.1) is 11.8 Å². The number of amides is 1. The van der Waals surface area contributed by atoms with E-state index in [9.17, 15) is 14.7 Å². The number of aliphatic carboxylic acids is 1. The molecule has 4 nitrogen and oxygen atoms in total. The molecule has 4 atom stereocenters. The minimum absolute atomic E-state index is 0.0792. The first-order valence-corrected chi connectivity index (χ1v) is 8.21. The molecule has 0 aromatic carbocycles. The summed E-state index contributed by atoms with van der Waals surface area (Å²) in [6.45, 7) is 5.75. The topological polar surface area (TPSA) is 57.6 Å². The smallest absolute Gasteiger partial charge is 0.307 e. The second-order valence-corrected chi connectivity index (χ2v) is 7.22. The molecule has 0 aromatic rings. The van der Waals surface area contributed by atoms with Gasteiger partial charge in [0.1, 0.15) is 0 Å². The molecule has 1 aliphatic heterocycles. The Kier molecular flexibility index (Phi) is 4.76. The standard InChI is InChI=1S/C14H23NO3S/c1-3-10-8-15(4-5-19-10)13(16)11-6-9(2)7-12(11)14(17)18/h9-12H,3-8H2,1-2H3,(H,17,18)/t9?,10?,11-,12+/m0/s1.